The van der Waals surface area contributed by atoms with E-state index in [0.717, 1.165) is 4.70 Å². The second kappa shape index (κ2) is 5.83. The molecule has 1 aromatic carbocycles. The summed E-state index contributed by atoms with van der Waals surface area (Å²) in [6.45, 7) is 3.26. The molecule has 0 bridgehead atoms. The van der Waals surface area contributed by atoms with E-state index in [9.17, 15) is 14.0 Å². The molecule has 0 unspecified atom stereocenters. The second-order valence-electron chi connectivity index (χ2n) is 4.16. The minimum Gasteiger partial charge on any atom is -0.480 e. The van der Waals surface area contributed by atoms with Gasteiger partial charge in [0.15, 0.2) is 0 Å². The van der Waals surface area contributed by atoms with E-state index in [1.165, 1.54) is 34.4 Å². The standard InChI is InChI=1S/C14H12FNO3S/c1-2-5-16(8-13(17)18)14(19)12-7-9-6-10(15)3-4-11(9)20-12/h2-4,6-7H,1,5,8H2,(H,17,18). The van der Waals surface area contributed by atoms with E-state index in [1.807, 2.05) is 0 Å². The van der Waals surface area contributed by atoms with E-state index in [1.54, 1.807) is 12.1 Å². The van der Waals surface area contributed by atoms with Gasteiger partial charge in [0.25, 0.3) is 5.91 Å². The summed E-state index contributed by atoms with van der Waals surface area (Å²) in [6.07, 6.45) is 1.47. The molecule has 2 rings (SSSR count). The van der Waals surface area contributed by atoms with Gasteiger partial charge in [0, 0.05) is 11.2 Å². The van der Waals surface area contributed by atoms with Gasteiger partial charge in [-0.2, -0.15) is 0 Å². The van der Waals surface area contributed by atoms with Gasteiger partial charge >= 0.3 is 5.97 Å². The van der Waals surface area contributed by atoms with Crippen LogP contribution in [0.2, 0.25) is 0 Å². The van der Waals surface area contributed by atoms with Crippen molar-refractivity contribution in [1.82, 2.24) is 4.90 Å². The molecule has 4 nitrogen and oxygen atoms in total. The van der Waals surface area contributed by atoms with Crippen molar-refractivity contribution < 1.29 is 19.1 Å². The van der Waals surface area contributed by atoms with Gasteiger partial charge in [0.1, 0.15) is 12.4 Å². The summed E-state index contributed by atoms with van der Waals surface area (Å²) in [5.74, 6) is -1.86. The van der Waals surface area contributed by atoms with Gasteiger partial charge < -0.3 is 10.0 Å². The van der Waals surface area contributed by atoms with E-state index in [0.29, 0.717) is 10.3 Å². The lowest BCUT2D eigenvalue weighted by atomic mass is 10.2. The van der Waals surface area contributed by atoms with Crippen molar-refractivity contribution in [1.29, 1.82) is 0 Å². The van der Waals surface area contributed by atoms with Crippen LogP contribution >= 0.6 is 11.3 Å². The molecule has 1 heterocycles. The number of amides is 1. The third-order valence-electron chi connectivity index (χ3n) is 2.65. The number of carbonyl (C=O) groups excluding carboxylic acids is 1. The molecule has 0 spiro atoms. The Morgan fingerprint density at radius 2 is 2.15 bits per heavy atom. The van der Waals surface area contributed by atoms with E-state index >= 15 is 0 Å². The van der Waals surface area contributed by atoms with Crippen molar-refractivity contribution in [2.24, 2.45) is 0 Å². The summed E-state index contributed by atoms with van der Waals surface area (Å²) in [7, 11) is 0. The number of hydrogen-bond donors (Lipinski definition) is 1. The molecule has 0 aliphatic carbocycles. The molecule has 20 heavy (non-hydrogen) atoms. The predicted molar refractivity (Wildman–Crippen MR) is 75.5 cm³/mol. The number of carbonyl (C=O) groups is 2. The van der Waals surface area contributed by atoms with Gasteiger partial charge in [-0.1, -0.05) is 6.08 Å². The third kappa shape index (κ3) is 3.03. The maximum atomic E-state index is 13.1. The number of rotatable bonds is 5. The average Bonchev–Trinajstić information content (AvgIpc) is 2.79. The lowest BCUT2D eigenvalue weighted by Gasteiger charge is -2.17. The minimum atomic E-state index is -1.09. The summed E-state index contributed by atoms with van der Waals surface area (Å²) in [5.41, 5.74) is 0. The van der Waals surface area contributed by atoms with Crippen LogP contribution in [0.4, 0.5) is 4.39 Å². The summed E-state index contributed by atoms with van der Waals surface area (Å²) < 4.78 is 13.9. The molecule has 0 saturated carbocycles. The van der Waals surface area contributed by atoms with E-state index in [2.05, 4.69) is 6.58 Å². The van der Waals surface area contributed by atoms with Gasteiger partial charge in [0.05, 0.1) is 4.88 Å². The first-order chi connectivity index (χ1) is 9.51. The zero-order chi connectivity index (χ0) is 14.7. The number of hydrogen-bond acceptors (Lipinski definition) is 3. The highest BCUT2D eigenvalue weighted by Crippen LogP contribution is 2.27. The highest BCUT2D eigenvalue weighted by molar-refractivity contribution is 7.20. The fourth-order valence-corrected chi connectivity index (χ4v) is 2.82. The van der Waals surface area contributed by atoms with Gasteiger partial charge in [0.2, 0.25) is 0 Å². The van der Waals surface area contributed by atoms with E-state index < -0.39 is 18.4 Å². The molecule has 6 heteroatoms. The molecular formula is C14H12FNO3S. The highest BCUT2D eigenvalue weighted by atomic mass is 32.1. The molecule has 2 aromatic rings. The van der Waals surface area contributed by atoms with Crippen LogP contribution in [0.3, 0.4) is 0 Å². The Labute approximate surface area is 118 Å². The van der Waals surface area contributed by atoms with Crippen molar-refractivity contribution in [2.75, 3.05) is 13.1 Å². The van der Waals surface area contributed by atoms with Crippen molar-refractivity contribution in [3.63, 3.8) is 0 Å². The monoisotopic (exact) mass is 293 g/mol. The number of aliphatic carboxylic acids is 1. The average molecular weight is 293 g/mol. The quantitative estimate of drug-likeness (QED) is 0.862. The van der Waals surface area contributed by atoms with Crippen LogP contribution < -0.4 is 0 Å². The Kier molecular flexibility index (Phi) is 4.14. The Bertz CT molecular complexity index is 680. The molecule has 0 atom stereocenters. The molecule has 1 aromatic heterocycles. The van der Waals surface area contributed by atoms with Crippen LogP contribution in [0.15, 0.2) is 36.9 Å². The molecule has 104 valence electrons. The Hall–Kier alpha value is -2.21. The largest absolute Gasteiger partial charge is 0.480 e. The first-order valence-electron chi connectivity index (χ1n) is 5.82. The van der Waals surface area contributed by atoms with Crippen LogP contribution in [0.1, 0.15) is 9.67 Å². The molecule has 0 aliphatic heterocycles. The SMILES string of the molecule is C=CCN(CC(=O)O)C(=O)c1cc2cc(F)ccc2s1. The number of carboxylic acid groups (broad SMARTS) is 1. The number of benzene rings is 1. The maximum absolute atomic E-state index is 13.1. The molecule has 1 amide bonds. The van der Waals surface area contributed by atoms with Crippen LogP contribution in [-0.4, -0.2) is 35.0 Å². The van der Waals surface area contributed by atoms with Gasteiger partial charge in [-0.3, -0.25) is 9.59 Å². The number of thiophene rings is 1. The molecule has 0 saturated heterocycles. The first kappa shape index (κ1) is 14.2. The number of carboxylic acids is 1. The normalized spacial score (nSPS) is 10.4. The smallest absolute Gasteiger partial charge is 0.323 e. The molecular weight excluding hydrogens is 281 g/mol. The summed E-state index contributed by atoms with van der Waals surface area (Å²) in [4.78, 5) is 24.6. The fraction of sp³-hybridized carbons (Fsp3) is 0.143. The number of nitrogens with zero attached hydrogens (tertiary/aromatic N) is 1. The first-order valence-corrected chi connectivity index (χ1v) is 6.64. The zero-order valence-electron chi connectivity index (χ0n) is 10.5. The third-order valence-corrected chi connectivity index (χ3v) is 3.76. The summed E-state index contributed by atoms with van der Waals surface area (Å²) in [5, 5.41) is 9.44. The van der Waals surface area contributed by atoms with E-state index in [4.69, 9.17) is 5.11 Å². The number of halogens is 1. The fourth-order valence-electron chi connectivity index (χ4n) is 1.81. The van der Waals surface area contributed by atoms with E-state index in [-0.39, 0.29) is 12.4 Å². The van der Waals surface area contributed by atoms with Crippen LogP contribution in [0.5, 0.6) is 0 Å². The zero-order valence-corrected chi connectivity index (χ0v) is 11.3. The number of fused-ring (bicyclic) bond motifs is 1. The molecule has 1 N–H and O–H groups in total. The highest BCUT2D eigenvalue weighted by Gasteiger charge is 2.19. The van der Waals surface area contributed by atoms with Crippen molar-refractivity contribution in [3.8, 4) is 0 Å². The van der Waals surface area contributed by atoms with Gasteiger partial charge in [-0.05, 0) is 29.7 Å². The van der Waals surface area contributed by atoms with Crippen molar-refractivity contribution >= 4 is 33.3 Å². The Morgan fingerprint density at radius 3 is 2.80 bits per heavy atom. The van der Waals surface area contributed by atoms with Gasteiger partial charge in [-0.25, -0.2) is 4.39 Å². The predicted octanol–water partition coefficient (Wildman–Crippen LogP) is 2.75. The summed E-state index contributed by atoms with van der Waals surface area (Å²) in [6, 6.07) is 5.84. The Balaban J connectivity index is 2.32. The summed E-state index contributed by atoms with van der Waals surface area (Å²) >= 11 is 1.21. The van der Waals surface area contributed by atoms with Crippen molar-refractivity contribution in [2.45, 2.75) is 0 Å². The minimum absolute atomic E-state index is 0.147. The lowest BCUT2D eigenvalue weighted by molar-refractivity contribution is -0.137. The molecule has 0 aliphatic rings. The van der Waals surface area contributed by atoms with Crippen LogP contribution in [-0.2, 0) is 4.79 Å². The molecule has 0 fully saturated rings. The lowest BCUT2D eigenvalue weighted by Crippen LogP contribution is -2.35. The topological polar surface area (TPSA) is 57.6 Å². The van der Waals surface area contributed by atoms with Crippen LogP contribution in [0, 0.1) is 5.82 Å². The van der Waals surface area contributed by atoms with Crippen LogP contribution in [0.25, 0.3) is 10.1 Å². The second-order valence-corrected chi connectivity index (χ2v) is 5.24. The Morgan fingerprint density at radius 1 is 1.40 bits per heavy atom. The molecule has 0 radical (unpaired) electrons. The maximum Gasteiger partial charge on any atom is 0.323 e. The van der Waals surface area contributed by atoms with Gasteiger partial charge in [-0.15, -0.1) is 17.9 Å². The van der Waals surface area contributed by atoms with Crippen molar-refractivity contribution in [3.05, 3.63) is 47.6 Å².